The molecule has 0 unspecified atom stereocenters. The van der Waals surface area contributed by atoms with Gasteiger partial charge in [-0.3, -0.25) is 5.10 Å². The van der Waals surface area contributed by atoms with Gasteiger partial charge in [0.15, 0.2) is 0 Å². The Kier molecular flexibility index (Phi) is 2.61. The van der Waals surface area contributed by atoms with E-state index >= 15 is 0 Å². The monoisotopic (exact) mass is 275 g/mol. The van der Waals surface area contributed by atoms with Crippen LogP contribution < -0.4 is 4.90 Å². The van der Waals surface area contributed by atoms with Gasteiger partial charge in [0.25, 0.3) is 0 Å². The van der Waals surface area contributed by atoms with Crippen molar-refractivity contribution in [1.29, 1.82) is 0 Å². The molecule has 104 valence electrons. The SMILES string of the molecule is C=C1c2cc(CC)ccc2CN1c1ccc2[nH]ncc2c1. The summed E-state index contributed by atoms with van der Waals surface area (Å²) in [6.07, 6.45) is 2.92. The smallest absolute Gasteiger partial charge is 0.0651 e. The van der Waals surface area contributed by atoms with E-state index in [0.29, 0.717) is 0 Å². The highest BCUT2D eigenvalue weighted by Crippen LogP contribution is 2.37. The number of rotatable bonds is 2. The van der Waals surface area contributed by atoms with Gasteiger partial charge in [-0.15, -0.1) is 0 Å². The Labute approximate surface area is 123 Å². The van der Waals surface area contributed by atoms with Crippen LogP contribution in [0.3, 0.4) is 0 Å². The third-order valence-electron chi connectivity index (χ3n) is 4.28. The van der Waals surface area contributed by atoms with Crippen LogP contribution in [-0.4, -0.2) is 10.2 Å². The molecule has 0 fully saturated rings. The second-order valence-corrected chi connectivity index (χ2v) is 5.52. The number of nitrogens with zero attached hydrogens (tertiary/aromatic N) is 2. The molecule has 1 aliphatic rings. The summed E-state index contributed by atoms with van der Waals surface area (Å²) >= 11 is 0. The Hall–Kier alpha value is -2.55. The van der Waals surface area contributed by atoms with E-state index in [4.69, 9.17) is 0 Å². The van der Waals surface area contributed by atoms with E-state index in [0.717, 1.165) is 29.6 Å². The first-order chi connectivity index (χ1) is 10.3. The van der Waals surface area contributed by atoms with Gasteiger partial charge < -0.3 is 4.90 Å². The topological polar surface area (TPSA) is 31.9 Å². The maximum Gasteiger partial charge on any atom is 0.0651 e. The molecule has 1 aliphatic heterocycles. The van der Waals surface area contributed by atoms with E-state index in [1.807, 2.05) is 6.20 Å². The lowest BCUT2D eigenvalue weighted by molar-refractivity contribution is 1.04. The van der Waals surface area contributed by atoms with E-state index in [1.165, 1.54) is 22.4 Å². The molecule has 2 aromatic carbocycles. The van der Waals surface area contributed by atoms with Crippen LogP contribution in [0.25, 0.3) is 16.6 Å². The highest BCUT2D eigenvalue weighted by Gasteiger charge is 2.23. The fourth-order valence-corrected chi connectivity index (χ4v) is 3.01. The van der Waals surface area contributed by atoms with Crippen molar-refractivity contribution in [2.75, 3.05) is 4.90 Å². The van der Waals surface area contributed by atoms with Crippen molar-refractivity contribution in [1.82, 2.24) is 10.2 Å². The van der Waals surface area contributed by atoms with E-state index < -0.39 is 0 Å². The Morgan fingerprint density at radius 1 is 1.24 bits per heavy atom. The Morgan fingerprint density at radius 2 is 2.14 bits per heavy atom. The first kappa shape index (κ1) is 12.2. The van der Waals surface area contributed by atoms with Crippen molar-refractivity contribution < 1.29 is 0 Å². The molecule has 0 aliphatic carbocycles. The van der Waals surface area contributed by atoms with Gasteiger partial charge in [-0.25, -0.2) is 0 Å². The molecule has 1 N–H and O–H groups in total. The van der Waals surface area contributed by atoms with E-state index in [-0.39, 0.29) is 0 Å². The first-order valence-corrected chi connectivity index (χ1v) is 7.28. The predicted molar refractivity (Wildman–Crippen MR) is 87.1 cm³/mol. The number of anilines is 1. The van der Waals surface area contributed by atoms with Gasteiger partial charge in [-0.2, -0.15) is 5.10 Å². The van der Waals surface area contributed by atoms with E-state index in [2.05, 4.69) is 65.0 Å². The number of aromatic amines is 1. The van der Waals surface area contributed by atoms with Crippen molar-refractivity contribution in [2.45, 2.75) is 19.9 Å². The van der Waals surface area contributed by atoms with Crippen molar-refractivity contribution in [2.24, 2.45) is 0 Å². The molecule has 3 heteroatoms. The number of aryl methyl sites for hydroxylation is 1. The molecule has 0 atom stereocenters. The minimum atomic E-state index is 0.890. The molecular weight excluding hydrogens is 258 g/mol. The molecule has 0 saturated carbocycles. The number of benzene rings is 2. The Balaban J connectivity index is 1.75. The molecule has 0 saturated heterocycles. The molecular formula is C18H17N3. The minimum absolute atomic E-state index is 0.890. The van der Waals surface area contributed by atoms with Crippen LogP contribution in [0.4, 0.5) is 5.69 Å². The van der Waals surface area contributed by atoms with Gasteiger partial charge in [0.2, 0.25) is 0 Å². The maximum atomic E-state index is 4.30. The highest BCUT2D eigenvalue weighted by atomic mass is 15.2. The van der Waals surface area contributed by atoms with Crippen molar-refractivity contribution in [3.05, 3.63) is 65.9 Å². The van der Waals surface area contributed by atoms with Gasteiger partial charge in [-0.1, -0.05) is 25.6 Å². The second-order valence-electron chi connectivity index (χ2n) is 5.52. The number of H-pyrrole nitrogens is 1. The highest BCUT2D eigenvalue weighted by molar-refractivity contribution is 5.89. The summed E-state index contributed by atoms with van der Waals surface area (Å²) in [5.41, 5.74) is 7.31. The fourth-order valence-electron chi connectivity index (χ4n) is 3.01. The van der Waals surface area contributed by atoms with Gasteiger partial charge in [-0.05, 0) is 41.8 Å². The van der Waals surface area contributed by atoms with Crippen LogP contribution >= 0.6 is 0 Å². The Morgan fingerprint density at radius 3 is 3.00 bits per heavy atom. The number of nitrogens with one attached hydrogen (secondary N) is 1. The average Bonchev–Trinajstić information content (AvgIpc) is 3.11. The molecule has 1 aromatic heterocycles. The van der Waals surface area contributed by atoms with Crippen LogP contribution in [0.2, 0.25) is 0 Å². The number of fused-ring (bicyclic) bond motifs is 2. The molecule has 4 rings (SSSR count). The molecule has 3 nitrogen and oxygen atoms in total. The molecule has 0 bridgehead atoms. The summed E-state index contributed by atoms with van der Waals surface area (Å²) in [6.45, 7) is 7.37. The molecule has 0 radical (unpaired) electrons. The number of aromatic nitrogens is 2. The maximum absolute atomic E-state index is 4.30. The first-order valence-electron chi connectivity index (χ1n) is 7.28. The van der Waals surface area contributed by atoms with Crippen LogP contribution in [0, 0.1) is 0 Å². The van der Waals surface area contributed by atoms with Gasteiger partial charge >= 0.3 is 0 Å². The molecule has 2 heterocycles. The zero-order valence-electron chi connectivity index (χ0n) is 12.1. The molecule has 0 amide bonds. The van der Waals surface area contributed by atoms with Gasteiger partial charge in [0.1, 0.15) is 0 Å². The van der Waals surface area contributed by atoms with Crippen LogP contribution in [0.1, 0.15) is 23.6 Å². The zero-order chi connectivity index (χ0) is 14.4. The van der Waals surface area contributed by atoms with Crippen LogP contribution in [-0.2, 0) is 13.0 Å². The second kappa shape index (κ2) is 4.48. The molecule has 3 aromatic rings. The summed E-state index contributed by atoms with van der Waals surface area (Å²) in [4.78, 5) is 2.27. The van der Waals surface area contributed by atoms with Crippen molar-refractivity contribution in [3.63, 3.8) is 0 Å². The third-order valence-corrected chi connectivity index (χ3v) is 4.28. The minimum Gasteiger partial charge on any atom is -0.337 e. The fraction of sp³-hybridized carbons (Fsp3) is 0.167. The quantitative estimate of drug-likeness (QED) is 0.763. The predicted octanol–water partition coefficient (Wildman–Crippen LogP) is 4.12. The summed E-state index contributed by atoms with van der Waals surface area (Å²) in [5.74, 6) is 0. The third kappa shape index (κ3) is 1.85. The van der Waals surface area contributed by atoms with E-state index in [9.17, 15) is 0 Å². The van der Waals surface area contributed by atoms with E-state index in [1.54, 1.807) is 0 Å². The largest absolute Gasteiger partial charge is 0.337 e. The lowest BCUT2D eigenvalue weighted by atomic mass is 10.0. The average molecular weight is 275 g/mol. The van der Waals surface area contributed by atoms with Gasteiger partial charge in [0.05, 0.1) is 11.7 Å². The summed E-state index contributed by atoms with van der Waals surface area (Å²) < 4.78 is 0. The zero-order valence-corrected chi connectivity index (χ0v) is 12.1. The van der Waals surface area contributed by atoms with Crippen LogP contribution in [0.5, 0.6) is 0 Å². The normalized spacial score (nSPS) is 14.0. The lowest BCUT2D eigenvalue weighted by Gasteiger charge is -2.19. The number of hydrogen-bond donors (Lipinski definition) is 1. The molecule has 0 spiro atoms. The standard InChI is InChI=1S/C18H17N3/c1-3-13-4-5-14-11-21(12(2)17(14)8-13)16-6-7-18-15(9-16)10-19-20-18/h4-10H,2-3,11H2,1H3,(H,19,20). The summed E-state index contributed by atoms with van der Waals surface area (Å²) in [5, 5.41) is 8.20. The lowest BCUT2D eigenvalue weighted by Crippen LogP contribution is -2.12. The molecule has 21 heavy (non-hydrogen) atoms. The Bertz CT molecular complexity index is 845. The number of hydrogen-bond acceptors (Lipinski definition) is 2. The van der Waals surface area contributed by atoms with Gasteiger partial charge in [0, 0.05) is 28.9 Å². The van der Waals surface area contributed by atoms with Crippen molar-refractivity contribution in [3.8, 4) is 0 Å². The van der Waals surface area contributed by atoms with Crippen LogP contribution in [0.15, 0.2) is 49.2 Å². The summed E-state index contributed by atoms with van der Waals surface area (Å²) in [6, 6.07) is 13.1. The summed E-state index contributed by atoms with van der Waals surface area (Å²) in [7, 11) is 0. The van der Waals surface area contributed by atoms with Crippen molar-refractivity contribution >= 4 is 22.3 Å².